The first-order valence-electron chi connectivity index (χ1n) is 9.37. The number of anilines is 1. The monoisotopic (exact) mass is 350 g/mol. The van der Waals surface area contributed by atoms with Gasteiger partial charge in [-0.1, -0.05) is 49.4 Å². The number of amides is 2. The average molecular weight is 350 g/mol. The molecule has 136 valence electrons. The quantitative estimate of drug-likeness (QED) is 0.894. The van der Waals surface area contributed by atoms with Crippen LogP contribution in [0.4, 0.5) is 5.69 Å². The van der Waals surface area contributed by atoms with Crippen LogP contribution < -0.4 is 5.32 Å². The first-order chi connectivity index (χ1) is 12.7. The van der Waals surface area contributed by atoms with Crippen LogP contribution in [0.15, 0.2) is 54.6 Å². The first kappa shape index (κ1) is 18.2. The van der Waals surface area contributed by atoms with Gasteiger partial charge in [0.25, 0.3) is 0 Å². The number of aryl methyl sites for hydroxylation is 1. The molecular formula is C22H26N2O2. The topological polar surface area (TPSA) is 49.4 Å². The molecule has 1 aliphatic heterocycles. The highest BCUT2D eigenvalue weighted by molar-refractivity contribution is 5.93. The van der Waals surface area contributed by atoms with Gasteiger partial charge in [0.2, 0.25) is 11.8 Å². The van der Waals surface area contributed by atoms with Crippen molar-refractivity contribution >= 4 is 17.5 Å². The summed E-state index contributed by atoms with van der Waals surface area (Å²) >= 11 is 0. The van der Waals surface area contributed by atoms with Crippen LogP contribution in [0.5, 0.6) is 0 Å². The molecule has 0 spiro atoms. The molecule has 1 saturated heterocycles. The van der Waals surface area contributed by atoms with E-state index in [1.165, 1.54) is 5.56 Å². The van der Waals surface area contributed by atoms with E-state index in [9.17, 15) is 9.59 Å². The number of carbonyl (C=O) groups excluding carboxylic acids is 2. The third-order valence-corrected chi connectivity index (χ3v) is 4.95. The van der Waals surface area contributed by atoms with Crippen LogP contribution in [0.2, 0.25) is 0 Å². The normalized spacial score (nSPS) is 17.0. The Morgan fingerprint density at radius 1 is 1.08 bits per heavy atom. The summed E-state index contributed by atoms with van der Waals surface area (Å²) in [5.41, 5.74) is 3.05. The summed E-state index contributed by atoms with van der Waals surface area (Å²) in [5, 5.41) is 3.02. The Bertz CT molecular complexity index is 758. The maximum Gasteiger partial charge on any atom is 0.229 e. The van der Waals surface area contributed by atoms with E-state index in [2.05, 4.69) is 18.3 Å². The van der Waals surface area contributed by atoms with E-state index in [4.69, 9.17) is 0 Å². The molecule has 4 heteroatoms. The van der Waals surface area contributed by atoms with Crippen LogP contribution in [-0.4, -0.2) is 29.8 Å². The fourth-order valence-electron chi connectivity index (χ4n) is 3.41. The summed E-state index contributed by atoms with van der Waals surface area (Å²) in [5.74, 6) is -0.0362. The lowest BCUT2D eigenvalue weighted by Gasteiger charge is -2.32. The molecule has 26 heavy (non-hydrogen) atoms. The Balaban J connectivity index is 1.58. The lowest BCUT2D eigenvalue weighted by molar-refractivity contribution is -0.133. The van der Waals surface area contributed by atoms with Crippen molar-refractivity contribution in [3.63, 3.8) is 0 Å². The highest BCUT2D eigenvalue weighted by Gasteiger charge is 2.28. The fourth-order valence-corrected chi connectivity index (χ4v) is 3.41. The minimum Gasteiger partial charge on any atom is -0.342 e. The molecule has 1 N–H and O–H groups in total. The molecule has 0 aliphatic carbocycles. The van der Waals surface area contributed by atoms with E-state index >= 15 is 0 Å². The van der Waals surface area contributed by atoms with Crippen molar-refractivity contribution in [1.82, 2.24) is 4.90 Å². The zero-order valence-electron chi connectivity index (χ0n) is 15.3. The summed E-state index contributed by atoms with van der Waals surface area (Å²) in [4.78, 5) is 27.1. The highest BCUT2D eigenvalue weighted by Crippen LogP contribution is 2.20. The largest absolute Gasteiger partial charge is 0.342 e. The Morgan fingerprint density at radius 2 is 1.85 bits per heavy atom. The number of hydrogen-bond acceptors (Lipinski definition) is 2. The Kier molecular flexibility index (Phi) is 6.05. The van der Waals surface area contributed by atoms with E-state index in [1.807, 2.05) is 53.4 Å². The molecule has 0 aromatic heterocycles. The minimum atomic E-state index is -0.145. The Hall–Kier alpha value is -2.62. The van der Waals surface area contributed by atoms with Crippen molar-refractivity contribution in [3.05, 3.63) is 65.7 Å². The van der Waals surface area contributed by atoms with Crippen molar-refractivity contribution in [2.24, 2.45) is 5.92 Å². The van der Waals surface area contributed by atoms with Crippen molar-refractivity contribution in [3.8, 4) is 0 Å². The number of hydrogen-bond donors (Lipinski definition) is 1. The molecule has 1 heterocycles. The van der Waals surface area contributed by atoms with E-state index in [1.54, 1.807) is 0 Å². The van der Waals surface area contributed by atoms with Gasteiger partial charge in [0.15, 0.2) is 0 Å². The van der Waals surface area contributed by atoms with Gasteiger partial charge in [-0.15, -0.1) is 0 Å². The Labute approximate surface area is 155 Å². The van der Waals surface area contributed by atoms with Crippen molar-refractivity contribution in [2.75, 3.05) is 18.4 Å². The van der Waals surface area contributed by atoms with Gasteiger partial charge in [-0.05, 0) is 42.5 Å². The molecule has 3 rings (SSSR count). The fraction of sp³-hybridized carbons (Fsp3) is 0.364. The summed E-state index contributed by atoms with van der Waals surface area (Å²) in [7, 11) is 0. The van der Waals surface area contributed by atoms with Gasteiger partial charge < -0.3 is 10.2 Å². The van der Waals surface area contributed by atoms with Crippen molar-refractivity contribution in [1.29, 1.82) is 0 Å². The van der Waals surface area contributed by atoms with Crippen molar-refractivity contribution in [2.45, 2.75) is 32.6 Å². The summed E-state index contributed by atoms with van der Waals surface area (Å²) in [6.07, 6.45) is 3.03. The van der Waals surface area contributed by atoms with Gasteiger partial charge in [-0.25, -0.2) is 0 Å². The van der Waals surface area contributed by atoms with Gasteiger partial charge in [-0.2, -0.15) is 0 Å². The molecule has 1 aliphatic rings. The standard InChI is InChI=1S/C22H26N2O2/c1-2-17-10-6-12-20(14-17)23-22(26)19-11-7-13-24(16-19)21(25)15-18-8-4-3-5-9-18/h3-6,8-10,12,14,19H,2,7,11,13,15-16H2,1H3,(H,23,26). The average Bonchev–Trinajstić information content (AvgIpc) is 2.69. The number of carbonyl (C=O) groups is 2. The van der Waals surface area contributed by atoms with Gasteiger partial charge in [0, 0.05) is 18.8 Å². The smallest absolute Gasteiger partial charge is 0.229 e. The minimum absolute atomic E-state index is 0.00969. The molecule has 4 nitrogen and oxygen atoms in total. The molecule has 0 bridgehead atoms. The van der Waals surface area contributed by atoms with E-state index in [-0.39, 0.29) is 17.7 Å². The molecule has 0 saturated carbocycles. The number of likely N-dealkylation sites (tertiary alicyclic amines) is 1. The van der Waals surface area contributed by atoms with Gasteiger partial charge in [0.05, 0.1) is 12.3 Å². The number of nitrogens with one attached hydrogen (secondary N) is 1. The molecule has 2 amide bonds. The number of piperidine rings is 1. The highest BCUT2D eigenvalue weighted by atomic mass is 16.2. The van der Waals surface area contributed by atoms with Crippen LogP contribution in [0.1, 0.15) is 30.9 Å². The van der Waals surface area contributed by atoms with Crippen LogP contribution in [-0.2, 0) is 22.4 Å². The molecular weight excluding hydrogens is 324 g/mol. The molecule has 1 atom stereocenters. The molecule has 2 aromatic carbocycles. The number of rotatable bonds is 5. The number of benzene rings is 2. The molecule has 1 fully saturated rings. The zero-order chi connectivity index (χ0) is 18.4. The van der Waals surface area contributed by atoms with E-state index in [0.29, 0.717) is 13.0 Å². The maximum absolute atomic E-state index is 12.6. The number of nitrogens with zero attached hydrogens (tertiary/aromatic N) is 1. The second-order valence-corrected chi connectivity index (χ2v) is 6.88. The summed E-state index contributed by atoms with van der Waals surface area (Å²) < 4.78 is 0. The second kappa shape index (κ2) is 8.65. The summed E-state index contributed by atoms with van der Waals surface area (Å²) in [6.45, 7) is 3.34. The second-order valence-electron chi connectivity index (χ2n) is 6.88. The first-order valence-corrected chi connectivity index (χ1v) is 9.37. The van der Waals surface area contributed by atoms with Crippen LogP contribution in [0, 0.1) is 5.92 Å². The van der Waals surface area contributed by atoms with E-state index < -0.39 is 0 Å². The van der Waals surface area contributed by atoms with Gasteiger partial charge in [-0.3, -0.25) is 9.59 Å². The van der Waals surface area contributed by atoms with Crippen LogP contribution >= 0.6 is 0 Å². The molecule has 2 aromatic rings. The zero-order valence-corrected chi connectivity index (χ0v) is 15.3. The molecule has 1 unspecified atom stereocenters. The predicted octanol–water partition coefficient (Wildman–Crippen LogP) is 3.67. The predicted molar refractivity (Wildman–Crippen MR) is 104 cm³/mol. The van der Waals surface area contributed by atoms with Crippen molar-refractivity contribution < 1.29 is 9.59 Å². The third kappa shape index (κ3) is 4.72. The van der Waals surface area contributed by atoms with Crippen LogP contribution in [0.25, 0.3) is 0 Å². The lowest BCUT2D eigenvalue weighted by atomic mass is 9.96. The van der Waals surface area contributed by atoms with Gasteiger partial charge in [0.1, 0.15) is 0 Å². The third-order valence-electron chi connectivity index (χ3n) is 4.95. The summed E-state index contributed by atoms with van der Waals surface area (Å²) in [6, 6.07) is 17.7. The maximum atomic E-state index is 12.6. The Morgan fingerprint density at radius 3 is 2.62 bits per heavy atom. The molecule has 0 radical (unpaired) electrons. The van der Waals surface area contributed by atoms with Gasteiger partial charge >= 0.3 is 0 Å². The SMILES string of the molecule is CCc1cccc(NC(=O)C2CCCN(C(=O)Cc3ccccc3)C2)c1. The lowest BCUT2D eigenvalue weighted by Crippen LogP contribution is -2.44. The van der Waals surface area contributed by atoms with Crippen LogP contribution in [0.3, 0.4) is 0 Å². The van der Waals surface area contributed by atoms with E-state index in [0.717, 1.165) is 37.1 Å².